The highest BCUT2D eigenvalue weighted by molar-refractivity contribution is 7.89. The van der Waals surface area contributed by atoms with Crippen LogP contribution in [0.2, 0.25) is 0 Å². The van der Waals surface area contributed by atoms with Crippen LogP contribution in [-0.2, 0) is 10.0 Å². The number of rotatable bonds is 4. The first-order valence-electron chi connectivity index (χ1n) is 5.93. The molecule has 0 unspecified atom stereocenters. The zero-order valence-electron chi connectivity index (χ0n) is 10.1. The average Bonchev–Trinajstić information content (AvgIpc) is 2.82. The Morgan fingerprint density at radius 1 is 1.37 bits per heavy atom. The fourth-order valence-corrected chi connectivity index (χ4v) is 4.74. The summed E-state index contributed by atoms with van der Waals surface area (Å²) in [6.07, 6.45) is 2.13. The van der Waals surface area contributed by atoms with Crippen molar-refractivity contribution in [3.8, 4) is 0 Å². The standard InChI is InChI=1S/C11H15NO5S2/c13-8-4-2-1-3-7(8)12-19(16,17)9-5-6-18-10(9)11(14)15/h5-8,12-13H,1-4H2,(H,14,15)/t7-,8-/m1/s1. The number of hydrogen-bond donors (Lipinski definition) is 3. The van der Waals surface area contributed by atoms with Gasteiger partial charge in [-0.25, -0.2) is 17.9 Å². The molecule has 0 saturated heterocycles. The number of sulfonamides is 1. The molecular formula is C11H15NO5S2. The number of carboxylic acids is 1. The molecule has 8 heteroatoms. The largest absolute Gasteiger partial charge is 0.477 e. The van der Waals surface area contributed by atoms with Crippen molar-refractivity contribution in [2.75, 3.05) is 0 Å². The van der Waals surface area contributed by atoms with Crippen molar-refractivity contribution >= 4 is 27.3 Å². The van der Waals surface area contributed by atoms with Gasteiger partial charge in [-0.3, -0.25) is 0 Å². The molecule has 1 aliphatic carbocycles. The second kappa shape index (κ2) is 5.58. The SMILES string of the molecule is O=C(O)c1sccc1S(=O)(=O)N[C@@H]1CCCC[C@H]1O. The summed E-state index contributed by atoms with van der Waals surface area (Å²) in [6.45, 7) is 0. The van der Waals surface area contributed by atoms with Crippen LogP contribution >= 0.6 is 11.3 Å². The van der Waals surface area contributed by atoms with Gasteiger partial charge in [-0.2, -0.15) is 0 Å². The minimum atomic E-state index is -3.91. The second-order valence-electron chi connectivity index (χ2n) is 4.50. The second-order valence-corrected chi connectivity index (χ2v) is 7.10. The molecule has 0 spiro atoms. The lowest BCUT2D eigenvalue weighted by atomic mass is 9.93. The number of hydrogen-bond acceptors (Lipinski definition) is 5. The van der Waals surface area contributed by atoms with E-state index in [1.165, 1.54) is 11.4 Å². The number of aromatic carboxylic acids is 1. The summed E-state index contributed by atoms with van der Waals surface area (Å²) in [6, 6.07) is 0.728. The minimum Gasteiger partial charge on any atom is -0.477 e. The Kier molecular flexibility index (Phi) is 4.24. The maximum absolute atomic E-state index is 12.2. The highest BCUT2D eigenvalue weighted by Gasteiger charge is 2.30. The Hall–Kier alpha value is -0.960. The minimum absolute atomic E-state index is 0.210. The van der Waals surface area contributed by atoms with Crippen LogP contribution in [0.1, 0.15) is 35.4 Å². The molecule has 1 aliphatic rings. The van der Waals surface area contributed by atoms with Gasteiger partial charge in [0.25, 0.3) is 0 Å². The van der Waals surface area contributed by atoms with E-state index in [0.717, 1.165) is 24.2 Å². The molecule has 0 aromatic carbocycles. The smallest absolute Gasteiger partial charge is 0.347 e. The van der Waals surface area contributed by atoms with Crippen molar-refractivity contribution in [3.05, 3.63) is 16.3 Å². The van der Waals surface area contributed by atoms with E-state index in [1.54, 1.807) is 0 Å². The lowest BCUT2D eigenvalue weighted by molar-refractivity contribution is 0.0698. The van der Waals surface area contributed by atoms with Crippen LogP contribution in [0.25, 0.3) is 0 Å². The van der Waals surface area contributed by atoms with Crippen LogP contribution < -0.4 is 4.72 Å². The molecule has 1 saturated carbocycles. The van der Waals surface area contributed by atoms with E-state index in [2.05, 4.69) is 4.72 Å². The predicted octanol–water partition coefficient (Wildman–Crippen LogP) is 1.03. The normalized spacial score (nSPS) is 24.3. The van der Waals surface area contributed by atoms with Gasteiger partial charge in [-0.05, 0) is 24.3 Å². The summed E-state index contributed by atoms with van der Waals surface area (Å²) in [5, 5.41) is 20.1. The van der Waals surface area contributed by atoms with E-state index in [-0.39, 0.29) is 9.77 Å². The molecule has 0 aliphatic heterocycles. The molecule has 19 heavy (non-hydrogen) atoms. The van der Waals surface area contributed by atoms with Crippen LogP contribution in [0.4, 0.5) is 0 Å². The fourth-order valence-electron chi connectivity index (χ4n) is 2.18. The maximum Gasteiger partial charge on any atom is 0.347 e. The molecule has 3 N–H and O–H groups in total. The quantitative estimate of drug-likeness (QED) is 0.770. The van der Waals surface area contributed by atoms with Crippen LogP contribution in [0.5, 0.6) is 0 Å². The van der Waals surface area contributed by atoms with E-state index >= 15 is 0 Å². The molecule has 1 fully saturated rings. The van der Waals surface area contributed by atoms with Gasteiger partial charge in [0.05, 0.1) is 6.10 Å². The van der Waals surface area contributed by atoms with Crippen molar-refractivity contribution < 1.29 is 23.4 Å². The molecule has 2 rings (SSSR count). The Morgan fingerprint density at radius 2 is 2.05 bits per heavy atom. The van der Waals surface area contributed by atoms with Gasteiger partial charge >= 0.3 is 5.97 Å². The first-order chi connectivity index (χ1) is 8.92. The van der Waals surface area contributed by atoms with Crippen molar-refractivity contribution in [2.45, 2.75) is 42.7 Å². The maximum atomic E-state index is 12.2. The van der Waals surface area contributed by atoms with E-state index in [4.69, 9.17) is 5.11 Å². The van der Waals surface area contributed by atoms with Gasteiger partial charge < -0.3 is 10.2 Å². The molecule has 0 radical (unpaired) electrons. The molecule has 1 aromatic rings. The third-order valence-corrected chi connectivity index (χ3v) is 5.71. The Bertz CT molecular complexity index is 565. The zero-order valence-corrected chi connectivity index (χ0v) is 11.7. The first-order valence-corrected chi connectivity index (χ1v) is 8.29. The molecular weight excluding hydrogens is 290 g/mol. The monoisotopic (exact) mass is 305 g/mol. The van der Waals surface area contributed by atoms with Gasteiger partial charge in [0.1, 0.15) is 9.77 Å². The Labute approximate surface area is 115 Å². The van der Waals surface area contributed by atoms with Crippen molar-refractivity contribution in [2.24, 2.45) is 0 Å². The predicted molar refractivity (Wildman–Crippen MR) is 69.9 cm³/mol. The summed E-state index contributed by atoms with van der Waals surface area (Å²) in [4.78, 5) is 10.5. The van der Waals surface area contributed by atoms with E-state index in [1.807, 2.05) is 0 Å². The van der Waals surface area contributed by atoms with Crippen molar-refractivity contribution in [3.63, 3.8) is 0 Å². The number of aliphatic hydroxyl groups is 1. The summed E-state index contributed by atoms with van der Waals surface area (Å²) < 4.78 is 26.7. The van der Waals surface area contributed by atoms with Crippen LogP contribution in [0.3, 0.4) is 0 Å². The van der Waals surface area contributed by atoms with Gasteiger partial charge in [0.2, 0.25) is 10.0 Å². The number of aliphatic hydroxyl groups excluding tert-OH is 1. The molecule has 106 valence electrons. The zero-order chi connectivity index (χ0) is 14.0. The topological polar surface area (TPSA) is 104 Å². The molecule has 1 aromatic heterocycles. The first kappa shape index (κ1) is 14.4. The van der Waals surface area contributed by atoms with Gasteiger partial charge in [0.15, 0.2) is 0 Å². The third-order valence-electron chi connectivity index (χ3n) is 3.15. The van der Waals surface area contributed by atoms with Gasteiger partial charge in [-0.15, -0.1) is 11.3 Å². The third kappa shape index (κ3) is 3.14. The van der Waals surface area contributed by atoms with E-state index in [0.29, 0.717) is 12.8 Å². The molecule has 6 nitrogen and oxygen atoms in total. The van der Waals surface area contributed by atoms with Crippen LogP contribution in [-0.4, -0.2) is 36.7 Å². The lowest BCUT2D eigenvalue weighted by Gasteiger charge is -2.27. The summed E-state index contributed by atoms with van der Waals surface area (Å²) >= 11 is 0.866. The highest BCUT2D eigenvalue weighted by atomic mass is 32.2. The van der Waals surface area contributed by atoms with Crippen molar-refractivity contribution in [1.82, 2.24) is 4.72 Å². The number of thiophene rings is 1. The average molecular weight is 305 g/mol. The van der Waals surface area contributed by atoms with Gasteiger partial charge in [0, 0.05) is 6.04 Å². The highest BCUT2D eigenvalue weighted by Crippen LogP contribution is 2.24. The summed E-state index contributed by atoms with van der Waals surface area (Å²) in [7, 11) is -3.91. The Morgan fingerprint density at radius 3 is 2.68 bits per heavy atom. The van der Waals surface area contributed by atoms with E-state index < -0.39 is 28.1 Å². The summed E-state index contributed by atoms with van der Waals surface area (Å²) in [5.74, 6) is -1.26. The van der Waals surface area contributed by atoms with Crippen molar-refractivity contribution in [1.29, 1.82) is 0 Å². The molecule has 2 atom stereocenters. The van der Waals surface area contributed by atoms with Gasteiger partial charge in [-0.1, -0.05) is 12.8 Å². The lowest BCUT2D eigenvalue weighted by Crippen LogP contribution is -2.45. The van der Waals surface area contributed by atoms with Crippen LogP contribution in [0.15, 0.2) is 16.3 Å². The fraction of sp³-hybridized carbons (Fsp3) is 0.545. The Balaban J connectivity index is 2.22. The van der Waals surface area contributed by atoms with E-state index in [9.17, 15) is 18.3 Å². The molecule has 0 amide bonds. The van der Waals surface area contributed by atoms with Crippen LogP contribution in [0, 0.1) is 0 Å². The number of carboxylic acid groups (broad SMARTS) is 1. The molecule has 0 bridgehead atoms. The number of carbonyl (C=O) groups is 1. The molecule has 1 heterocycles. The number of nitrogens with one attached hydrogen (secondary N) is 1. The summed E-state index contributed by atoms with van der Waals surface area (Å²) in [5.41, 5.74) is 0.